The van der Waals surface area contributed by atoms with Crippen LogP contribution in [0.1, 0.15) is 55.0 Å². The van der Waals surface area contributed by atoms with Gasteiger partial charge in [0.1, 0.15) is 5.76 Å². The number of hydrogen-bond donors (Lipinski definition) is 0. The summed E-state index contributed by atoms with van der Waals surface area (Å²) < 4.78 is 5.49. The Morgan fingerprint density at radius 3 is 2.48 bits per heavy atom. The second-order valence-electron chi connectivity index (χ2n) is 5.57. The number of Topliss-reactive ketones (excluding diaryl/α,β-unsaturated/α-hetero) is 3. The first-order valence-electron chi connectivity index (χ1n) is 6.96. The molecule has 0 fully saturated rings. The van der Waals surface area contributed by atoms with Gasteiger partial charge in [0.2, 0.25) is 11.6 Å². The zero-order valence-electron chi connectivity index (χ0n) is 11.5. The van der Waals surface area contributed by atoms with Crippen molar-refractivity contribution in [2.24, 2.45) is 0 Å². The van der Waals surface area contributed by atoms with Gasteiger partial charge in [0, 0.05) is 23.1 Å². The SMILES string of the molecule is Cc1coc2c1C(=O)C(=O)c1c-2ccc2c1CCCC2=O. The molecule has 4 heteroatoms. The quantitative estimate of drug-likeness (QED) is 0.695. The summed E-state index contributed by atoms with van der Waals surface area (Å²) in [5, 5.41) is 0. The van der Waals surface area contributed by atoms with Gasteiger partial charge < -0.3 is 4.42 Å². The van der Waals surface area contributed by atoms with Gasteiger partial charge >= 0.3 is 0 Å². The van der Waals surface area contributed by atoms with Gasteiger partial charge in [-0.25, -0.2) is 0 Å². The second-order valence-corrected chi connectivity index (χ2v) is 5.57. The van der Waals surface area contributed by atoms with Crippen molar-refractivity contribution in [3.05, 3.63) is 46.2 Å². The lowest BCUT2D eigenvalue weighted by atomic mass is 9.78. The molecule has 2 aliphatic rings. The molecule has 0 unspecified atom stereocenters. The van der Waals surface area contributed by atoms with E-state index in [1.165, 1.54) is 6.26 Å². The van der Waals surface area contributed by atoms with Crippen LogP contribution in [0, 0.1) is 6.92 Å². The summed E-state index contributed by atoms with van der Waals surface area (Å²) in [6.45, 7) is 1.75. The van der Waals surface area contributed by atoms with Crippen molar-refractivity contribution < 1.29 is 18.8 Å². The van der Waals surface area contributed by atoms with Gasteiger partial charge in [0.05, 0.1) is 11.8 Å². The molecule has 4 rings (SSSR count). The molecule has 0 radical (unpaired) electrons. The van der Waals surface area contributed by atoms with Gasteiger partial charge in [0.25, 0.3) is 0 Å². The summed E-state index contributed by atoms with van der Waals surface area (Å²) in [6.07, 6.45) is 3.36. The van der Waals surface area contributed by atoms with E-state index < -0.39 is 11.6 Å². The molecule has 0 amide bonds. The van der Waals surface area contributed by atoms with Crippen LogP contribution in [0.4, 0.5) is 0 Å². The highest BCUT2D eigenvalue weighted by molar-refractivity contribution is 6.53. The first-order valence-corrected chi connectivity index (χ1v) is 6.96. The maximum Gasteiger partial charge on any atom is 0.237 e. The normalized spacial score (nSPS) is 16.5. The molecule has 0 aliphatic heterocycles. The highest BCUT2D eigenvalue weighted by Gasteiger charge is 2.37. The molecule has 0 atom stereocenters. The van der Waals surface area contributed by atoms with Crippen LogP contribution < -0.4 is 0 Å². The van der Waals surface area contributed by atoms with E-state index in [2.05, 4.69) is 0 Å². The highest BCUT2D eigenvalue weighted by Crippen LogP contribution is 2.40. The number of carbonyl (C=O) groups is 3. The number of ketones is 3. The van der Waals surface area contributed by atoms with Crippen LogP contribution >= 0.6 is 0 Å². The van der Waals surface area contributed by atoms with Crippen molar-refractivity contribution in [3.63, 3.8) is 0 Å². The number of carbonyl (C=O) groups excluding carboxylic acids is 3. The lowest BCUT2D eigenvalue weighted by Gasteiger charge is -2.22. The zero-order chi connectivity index (χ0) is 14.7. The average molecular weight is 280 g/mol. The van der Waals surface area contributed by atoms with Crippen LogP contribution in [0.2, 0.25) is 0 Å². The zero-order valence-corrected chi connectivity index (χ0v) is 11.5. The van der Waals surface area contributed by atoms with Crippen molar-refractivity contribution in [2.45, 2.75) is 26.2 Å². The maximum atomic E-state index is 12.5. The minimum Gasteiger partial charge on any atom is -0.463 e. The van der Waals surface area contributed by atoms with Gasteiger partial charge in [-0.2, -0.15) is 0 Å². The minimum atomic E-state index is -0.532. The fourth-order valence-corrected chi connectivity index (χ4v) is 3.33. The van der Waals surface area contributed by atoms with E-state index >= 15 is 0 Å². The molecule has 1 aromatic heterocycles. The third-order valence-corrected chi connectivity index (χ3v) is 4.32. The monoisotopic (exact) mass is 280 g/mol. The fraction of sp³-hybridized carbons (Fsp3) is 0.235. The molecule has 2 aliphatic carbocycles. The van der Waals surface area contributed by atoms with Crippen LogP contribution in [-0.2, 0) is 6.42 Å². The van der Waals surface area contributed by atoms with E-state index in [4.69, 9.17) is 4.42 Å². The number of benzene rings is 1. The first-order chi connectivity index (χ1) is 10.1. The molecule has 0 saturated heterocycles. The third-order valence-electron chi connectivity index (χ3n) is 4.32. The Labute approximate surface area is 120 Å². The van der Waals surface area contributed by atoms with E-state index in [0.29, 0.717) is 58.4 Å². The minimum absolute atomic E-state index is 0.0423. The van der Waals surface area contributed by atoms with Gasteiger partial charge in [-0.05, 0) is 37.0 Å². The summed E-state index contributed by atoms with van der Waals surface area (Å²) in [6, 6.07) is 3.48. The van der Waals surface area contributed by atoms with Crippen LogP contribution in [0.25, 0.3) is 11.3 Å². The summed E-state index contributed by atoms with van der Waals surface area (Å²) in [7, 11) is 0. The Kier molecular flexibility index (Phi) is 2.34. The Bertz CT molecular complexity index is 839. The first kappa shape index (κ1) is 12.3. The largest absolute Gasteiger partial charge is 0.463 e. The number of aryl methyl sites for hydroxylation is 1. The molecular formula is C17H12O4. The topological polar surface area (TPSA) is 64.3 Å². The molecule has 1 heterocycles. The van der Waals surface area contributed by atoms with Crippen molar-refractivity contribution in [3.8, 4) is 11.3 Å². The second kappa shape index (κ2) is 4.01. The van der Waals surface area contributed by atoms with Crippen LogP contribution in [0.15, 0.2) is 22.8 Å². The number of fused-ring (bicyclic) bond motifs is 5. The molecule has 104 valence electrons. The van der Waals surface area contributed by atoms with E-state index in [9.17, 15) is 14.4 Å². The van der Waals surface area contributed by atoms with Crippen LogP contribution in [0.3, 0.4) is 0 Å². The molecule has 2 aromatic rings. The van der Waals surface area contributed by atoms with E-state index in [1.807, 2.05) is 0 Å². The van der Waals surface area contributed by atoms with Crippen molar-refractivity contribution in [1.29, 1.82) is 0 Å². The molecule has 0 saturated carbocycles. The third kappa shape index (κ3) is 1.47. The smallest absolute Gasteiger partial charge is 0.237 e. The Balaban J connectivity index is 2.09. The average Bonchev–Trinajstić information content (AvgIpc) is 2.86. The van der Waals surface area contributed by atoms with E-state index in [-0.39, 0.29) is 5.78 Å². The molecule has 1 aromatic carbocycles. The van der Waals surface area contributed by atoms with Crippen molar-refractivity contribution in [1.82, 2.24) is 0 Å². The van der Waals surface area contributed by atoms with Gasteiger partial charge in [-0.15, -0.1) is 0 Å². The number of furan rings is 1. The van der Waals surface area contributed by atoms with Crippen molar-refractivity contribution >= 4 is 17.3 Å². The van der Waals surface area contributed by atoms with Crippen LogP contribution in [0.5, 0.6) is 0 Å². The summed E-state index contributed by atoms with van der Waals surface area (Å²) in [5.41, 5.74) is 3.32. The Morgan fingerprint density at radius 1 is 0.952 bits per heavy atom. The lowest BCUT2D eigenvalue weighted by molar-refractivity contribution is 0.0813. The predicted octanol–water partition coefficient (Wildman–Crippen LogP) is 3.15. The lowest BCUT2D eigenvalue weighted by Crippen LogP contribution is -2.25. The van der Waals surface area contributed by atoms with Gasteiger partial charge in [-0.3, -0.25) is 14.4 Å². The summed E-state index contributed by atoms with van der Waals surface area (Å²) in [5.74, 6) is -0.558. The Morgan fingerprint density at radius 2 is 1.67 bits per heavy atom. The molecule has 0 spiro atoms. The molecular weight excluding hydrogens is 268 g/mol. The van der Waals surface area contributed by atoms with Gasteiger partial charge in [-0.1, -0.05) is 6.07 Å². The molecule has 0 bridgehead atoms. The predicted molar refractivity (Wildman–Crippen MR) is 74.8 cm³/mol. The fourth-order valence-electron chi connectivity index (χ4n) is 3.33. The highest BCUT2D eigenvalue weighted by atomic mass is 16.3. The number of hydrogen-bond acceptors (Lipinski definition) is 4. The van der Waals surface area contributed by atoms with Crippen LogP contribution in [-0.4, -0.2) is 17.3 Å². The summed E-state index contributed by atoms with van der Waals surface area (Å²) in [4.78, 5) is 36.8. The van der Waals surface area contributed by atoms with E-state index in [1.54, 1.807) is 19.1 Å². The molecule has 0 N–H and O–H groups in total. The standard InChI is InChI=1S/C17H12O4/c1-8-7-21-17-11-6-5-9-10(3-2-4-12(9)18)14(11)16(20)15(19)13(8)17/h5-7H,2-4H2,1H3. The maximum absolute atomic E-state index is 12.5. The number of rotatable bonds is 0. The van der Waals surface area contributed by atoms with Crippen molar-refractivity contribution in [2.75, 3.05) is 0 Å². The van der Waals surface area contributed by atoms with E-state index in [0.717, 1.165) is 0 Å². The summed E-state index contributed by atoms with van der Waals surface area (Å²) >= 11 is 0. The molecule has 4 nitrogen and oxygen atoms in total. The molecule has 21 heavy (non-hydrogen) atoms. The van der Waals surface area contributed by atoms with Gasteiger partial charge in [0.15, 0.2) is 5.78 Å². The Hall–Kier alpha value is -2.49.